The number of carbonyl (C=O) groups is 1. The Balaban J connectivity index is 0.00000112. The van der Waals surface area contributed by atoms with Crippen LogP contribution in [0.15, 0.2) is 30.4 Å². The van der Waals surface area contributed by atoms with E-state index in [4.69, 9.17) is 9.47 Å². The summed E-state index contributed by atoms with van der Waals surface area (Å²) in [4.78, 5) is 17.2. The predicted molar refractivity (Wildman–Crippen MR) is 125 cm³/mol. The Kier molecular flexibility index (Phi) is 6.08. The third-order valence-electron chi connectivity index (χ3n) is 7.96. The molecule has 2 fully saturated rings. The second-order valence-electron chi connectivity index (χ2n) is 9.20. The second-order valence-corrected chi connectivity index (χ2v) is 9.20. The number of carbonyl (C=O) groups excluding carboxylic acids is 1. The highest BCUT2D eigenvalue weighted by molar-refractivity contribution is 5.70. The topological polar surface area (TPSA) is 42.0 Å². The molecule has 0 radical (unpaired) electrons. The van der Waals surface area contributed by atoms with Gasteiger partial charge >= 0.3 is 5.97 Å². The molecule has 0 aromatic heterocycles. The van der Waals surface area contributed by atoms with Crippen LogP contribution >= 0.6 is 0 Å². The fourth-order valence-corrected chi connectivity index (χ4v) is 7.22. The molecule has 5 rings (SSSR count). The zero-order valence-electron chi connectivity index (χ0n) is 19.9. The molecule has 3 aliphatic heterocycles. The van der Waals surface area contributed by atoms with Gasteiger partial charge in [-0.25, -0.2) is 0 Å². The molecule has 1 aromatic carbocycles. The number of hydrogen-bond donors (Lipinski definition) is 0. The molecule has 170 valence electrons. The molecule has 0 N–H and O–H groups in total. The van der Waals surface area contributed by atoms with E-state index in [0.717, 1.165) is 38.1 Å². The SMILES string of the molecule is CC.CCCC1C(OC(C)=O)C2C=CCN3CCC4(c5ccc(OC)cc5N(C)C14)C23. The van der Waals surface area contributed by atoms with Gasteiger partial charge in [-0.15, -0.1) is 0 Å². The summed E-state index contributed by atoms with van der Waals surface area (Å²) in [5, 5.41) is 0. The van der Waals surface area contributed by atoms with Crippen LogP contribution in [0.3, 0.4) is 0 Å². The van der Waals surface area contributed by atoms with Crippen LogP contribution in [-0.4, -0.2) is 56.3 Å². The largest absolute Gasteiger partial charge is 0.497 e. The van der Waals surface area contributed by atoms with Gasteiger partial charge in [0, 0.05) is 61.6 Å². The van der Waals surface area contributed by atoms with Crippen molar-refractivity contribution >= 4 is 11.7 Å². The van der Waals surface area contributed by atoms with Gasteiger partial charge in [0.2, 0.25) is 0 Å². The van der Waals surface area contributed by atoms with Crippen molar-refractivity contribution < 1.29 is 14.3 Å². The van der Waals surface area contributed by atoms with E-state index in [1.807, 2.05) is 13.8 Å². The number of esters is 1. The minimum Gasteiger partial charge on any atom is -0.497 e. The third-order valence-corrected chi connectivity index (χ3v) is 7.96. The summed E-state index contributed by atoms with van der Waals surface area (Å²) < 4.78 is 11.6. The first-order chi connectivity index (χ1) is 15.0. The van der Waals surface area contributed by atoms with Gasteiger partial charge in [-0.3, -0.25) is 9.69 Å². The highest BCUT2D eigenvalue weighted by Crippen LogP contribution is 2.62. The van der Waals surface area contributed by atoms with Gasteiger partial charge in [0.05, 0.1) is 7.11 Å². The van der Waals surface area contributed by atoms with Crippen molar-refractivity contribution in [3.05, 3.63) is 35.9 Å². The average molecular weight is 427 g/mol. The molecular weight excluding hydrogens is 388 g/mol. The van der Waals surface area contributed by atoms with E-state index in [9.17, 15) is 4.79 Å². The third kappa shape index (κ3) is 3.11. The maximum absolute atomic E-state index is 12.1. The van der Waals surface area contributed by atoms with Crippen LogP contribution < -0.4 is 9.64 Å². The first kappa shape index (κ1) is 22.2. The zero-order valence-corrected chi connectivity index (χ0v) is 19.9. The van der Waals surface area contributed by atoms with Crippen molar-refractivity contribution in [1.29, 1.82) is 0 Å². The quantitative estimate of drug-likeness (QED) is 0.527. The monoisotopic (exact) mass is 426 g/mol. The van der Waals surface area contributed by atoms with Gasteiger partial charge in [-0.2, -0.15) is 0 Å². The van der Waals surface area contributed by atoms with E-state index < -0.39 is 0 Å². The van der Waals surface area contributed by atoms with Crippen LogP contribution in [0.1, 0.15) is 52.5 Å². The molecule has 1 spiro atoms. The van der Waals surface area contributed by atoms with E-state index in [0.29, 0.717) is 18.0 Å². The van der Waals surface area contributed by atoms with Crippen molar-refractivity contribution in [3.63, 3.8) is 0 Å². The Morgan fingerprint density at radius 1 is 1.26 bits per heavy atom. The first-order valence-corrected chi connectivity index (χ1v) is 12.0. The molecule has 31 heavy (non-hydrogen) atoms. The van der Waals surface area contributed by atoms with Crippen molar-refractivity contribution in [2.75, 3.05) is 32.1 Å². The molecule has 6 atom stereocenters. The minimum atomic E-state index is -0.160. The van der Waals surface area contributed by atoms with Gasteiger partial charge < -0.3 is 14.4 Å². The molecule has 0 bridgehead atoms. The van der Waals surface area contributed by atoms with Crippen molar-refractivity contribution in [1.82, 2.24) is 4.90 Å². The van der Waals surface area contributed by atoms with Gasteiger partial charge in [0.25, 0.3) is 0 Å². The molecule has 1 aromatic rings. The second kappa shape index (κ2) is 8.50. The molecule has 4 aliphatic rings. The number of benzene rings is 1. The van der Waals surface area contributed by atoms with E-state index in [1.165, 1.54) is 11.3 Å². The minimum absolute atomic E-state index is 0.0635. The zero-order chi connectivity index (χ0) is 22.3. The van der Waals surface area contributed by atoms with Gasteiger partial charge in [0.15, 0.2) is 0 Å². The first-order valence-electron chi connectivity index (χ1n) is 12.0. The summed E-state index contributed by atoms with van der Waals surface area (Å²) in [5.74, 6) is 1.32. The fourth-order valence-electron chi connectivity index (χ4n) is 7.22. The fraction of sp³-hybridized carbons (Fsp3) is 0.654. The van der Waals surface area contributed by atoms with Crippen molar-refractivity contribution in [3.8, 4) is 5.75 Å². The standard InChI is InChI=1S/C24H32N2O3.C2H6/c1-5-7-17-21(29-15(2)27)18-8-6-12-26-13-11-24(23(18)26)19-10-9-16(28-4)14-20(19)25(3)22(17)24;1-2/h6,8-10,14,17-18,21-23H,5,7,11-13H2,1-4H3;1-2H3. The molecule has 0 amide bonds. The Morgan fingerprint density at radius 3 is 2.71 bits per heavy atom. The van der Waals surface area contributed by atoms with E-state index in [-0.39, 0.29) is 23.4 Å². The highest BCUT2D eigenvalue weighted by atomic mass is 16.5. The molecule has 5 nitrogen and oxygen atoms in total. The Hall–Kier alpha value is -2.01. The van der Waals surface area contributed by atoms with Gasteiger partial charge in [0.1, 0.15) is 11.9 Å². The average Bonchev–Trinajstić information content (AvgIpc) is 3.29. The number of rotatable bonds is 4. The summed E-state index contributed by atoms with van der Waals surface area (Å²) in [5.41, 5.74) is 2.83. The summed E-state index contributed by atoms with van der Waals surface area (Å²) >= 11 is 0. The van der Waals surface area contributed by atoms with E-state index in [1.54, 1.807) is 14.0 Å². The van der Waals surface area contributed by atoms with Crippen LogP contribution in [0.25, 0.3) is 0 Å². The lowest BCUT2D eigenvalue weighted by atomic mass is 9.55. The number of likely N-dealkylation sites (N-methyl/N-ethyl adjacent to an activating group) is 1. The summed E-state index contributed by atoms with van der Waals surface area (Å²) in [6.07, 6.45) is 7.89. The van der Waals surface area contributed by atoms with Crippen molar-refractivity contribution in [2.45, 2.75) is 70.6 Å². The lowest BCUT2D eigenvalue weighted by Crippen LogP contribution is -2.67. The molecular formula is C26H38N2O3. The molecule has 5 heteroatoms. The number of fused-ring (bicyclic) bond motifs is 1. The van der Waals surface area contributed by atoms with E-state index >= 15 is 0 Å². The van der Waals surface area contributed by atoms with Crippen LogP contribution in [0.4, 0.5) is 5.69 Å². The van der Waals surface area contributed by atoms with Crippen LogP contribution in [0.2, 0.25) is 0 Å². The lowest BCUT2D eigenvalue weighted by molar-refractivity contribution is -0.159. The number of nitrogens with zero attached hydrogens (tertiary/aromatic N) is 2. The molecule has 6 unspecified atom stereocenters. The van der Waals surface area contributed by atoms with Crippen LogP contribution in [0, 0.1) is 11.8 Å². The molecule has 1 aliphatic carbocycles. The molecule has 1 saturated heterocycles. The van der Waals surface area contributed by atoms with Crippen LogP contribution in [-0.2, 0) is 14.9 Å². The smallest absolute Gasteiger partial charge is 0.302 e. The summed E-state index contributed by atoms with van der Waals surface area (Å²) in [6, 6.07) is 7.34. The Labute approximate surface area is 187 Å². The molecule has 3 heterocycles. The number of ether oxygens (including phenoxy) is 2. The number of hydrogen-bond acceptors (Lipinski definition) is 5. The maximum atomic E-state index is 12.1. The van der Waals surface area contributed by atoms with Gasteiger partial charge in [-0.05, 0) is 31.0 Å². The van der Waals surface area contributed by atoms with Gasteiger partial charge in [-0.1, -0.05) is 45.4 Å². The molecule has 1 saturated carbocycles. The van der Waals surface area contributed by atoms with Crippen molar-refractivity contribution in [2.24, 2.45) is 11.8 Å². The Morgan fingerprint density at radius 2 is 2.03 bits per heavy atom. The number of methoxy groups -OCH3 is 1. The maximum Gasteiger partial charge on any atom is 0.302 e. The highest BCUT2D eigenvalue weighted by Gasteiger charge is 2.68. The predicted octanol–water partition coefficient (Wildman–Crippen LogP) is 4.40. The summed E-state index contributed by atoms with van der Waals surface area (Å²) in [7, 11) is 3.96. The lowest BCUT2D eigenvalue weighted by Gasteiger charge is -2.56. The normalized spacial score (nSPS) is 34.9. The number of anilines is 1. The van der Waals surface area contributed by atoms with Crippen LogP contribution in [0.5, 0.6) is 5.75 Å². The van der Waals surface area contributed by atoms with E-state index in [2.05, 4.69) is 54.1 Å². The summed E-state index contributed by atoms with van der Waals surface area (Å²) in [6.45, 7) is 9.90. The Bertz CT molecular complexity index is 853.